The summed E-state index contributed by atoms with van der Waals surface area (Å²) in [5.74, 6) is -1.18. The van der Waals surface area contributed by atoms with Crippen LogP contribution in [0, 0.1) is 5.95 Å². The van der Waals surface area contributed by atoms with E-state index < -0.39 is 41.3 Å². The van der Waals surface area contributed by atoms with Crippen molar-refractivity contribution in [3.05, 3.63) is 70.7 Å². The van der Waals surface area contributed by atoms with E-state index in [1.54, 1.807) is 32.9 Å². The third kappa shape index (κ3) is 5.32. The fourth-order valence-electron chi connectivity index (χ4n) is 3.84. The normalized spacial score (nSPS) is 16.4. The van der Waals surface area contributed by atoms with Crippen molar-refractivity contribution in [2.24, 2.45) is 0 Å². The molecule has 0 spiro atoms. The van der Waals surface area contributed by atoms with Crippen LogP contribution in [0.15, 0.2) is 53.6 Å². The number of carbonyl (C=O) groups excluding carboxylic acids is 2. The van der Waals surface area contributed by atoms with Gasteiger partial charge in [0, 0.05) is 25.7 Å². The highest BCUT2D eigenvalue weighted by molar-refractivity contribution is 6.01. The van der Waals surface area contributed by atoms with E-state index in [1.807, 2.05) is 0 Å². The quantitative estimate of drug-likeness (QED) is 0.348. The van der Waals surface area contributed by atoms with Crippen molar-refractivity contribution in [1.29, 1.82) is 0 Å². The van der Waals surface area contributed by atoms with Gasteiger partial charge in [-0.15, -0.1) is 0 Å². The van der Waals surface area contributed by atoms with Gasteiger partial charge in [-0.1, -0.05) is 6.07 Å². The lowest BCUT2D eigenvalue weighted by atomic mass is 10.2. The Hall–Kier alpha value is -4.88. The van der Waals surface area contributed by atoms with Gasteiger partial charge in [-0.2, -0.15) is 14.0 Å². The smallest absolute Gasteiger partial charge is 0.415 e. The van der Waals surface area contributed by atoms with Crippen molar-refractivity contribution < 1.29 is 23.1 Å². The molecule has 1 aliphatic rings. The zero-order chi connectivity index (χ0) is 28.8. The highest BCUT2D eigenvalue weighted by Crippen LogP contribution is 2.27. The molecule has 208 valence electrons. The second-order valence-electron chi connectivity index (χ2n) is 10.2. The number of pyridine rings is 2. The van der Waals surface area contributed by atoms with Crippen LogP contribution in [-0.2, 0) is 4.74 Å². The van der Waals surface area contributed by atoms with Crippen LogP contribution in [0.5, 0.6) is 0 Å². The largest absolute Gasteiger partial charge is 0.443 e. The Morgan fingerprint density at radius 1 is 1.20 bits per heavy atom. The number of carbonyl (C=O) groups is 2. The maximum atomic E-state index is 14.6. The number of nitrogens with one attached hydrogen (secondary N) is 2. The average Bonchev–Trinajstić information content (AvgIpc) is 3.41. The maximum Gasteiger partial charge on any atom is 0.415 e. The van der Waals surface area contributed by atoms with Crippen LogP contribution in [0.4, 0.5) is 30.9 Å². The van der Waals surface area contributed by atoms with E-state index in [-0.39, 0.29) is 40.8 Å². The van der Waals surface area contributed by atoms with E-state index in [1.165, 1.54) is 42.2 Å². The van der Waals surface area contributed by atoms with E-state index in [0.717, 1.165) is 15.5 Å². The third-order valence-electron chi connectivity index (χ3n) is 5.91. The minimum atomic E-state index is -1.12. The molecule has 12 nitrogen and oxygen atoms in total. The Bertz CT molecular complexity index is 1670. The predicted molar refractivity (Wildman–Crippen MR) is 141 cm³/mol. The van der Waals surface area contributed by atoms with Gasteiger partial charge in [-0.3, -0.25) is 14.5 Å². The molecule has 1 saturated carbocycles. The number of alkyl halides is 1. The molecule has 5 rings (SSSR count). The van der Waals surface area contributed by atoms with Gasteiger partial charge in [0.15, 0.2) is 5.65 Å². The molecule has 40 heavy (non-hydrogen) atoms. The molecular formula is C26H26F2N8O4. The van der Waals surface area contributed by atoms with E-state index >= 15 is 0 Å². The van der Waals surface area contributed by atoms with Crippen molar-refractivity contribution in [1.82, 2.24) is 29.5 Å². The van der Waals surface area contributed by atoms with Crippen LogP contribution >= 0.6 is 0 Å². The summed E-state index contributed by atoms with van der Waals surface area (Å²) >= 11 is 0. The molecule has 14 heteroatoms. The fraction of sp³-hybridized carbons (Fsp3) is 0.308. The van der Waals surface area contributed by atoms with Gasteiger partial charge < -0.3 is 15.4 Å². The Morgan fingerprint density at radius 3 is 2.60 bits per heavy atom. The van der Waals surface area contributed by atoms with Crippen LogP contribution in [-0.4, -0.2) is 61.0 Å². The molecule has 0 unspecified atom stereocenters. The summed E-state index contributed by atoms with van der Waals surface area (Å²) < 4.78 is 35.6. The predicted octanol–water partition coefficient (Wildman–Crippen LogP) is 3.37. The van der Waals surface area contributed by atoms with Crippen LogP contribution in [0.1, 0.15) is 37.6 Å². The van der Waals surface area contributed by atoms with Crippen LogP contribution in [0.25, 0.3) is 11.5 Å². The lowest BCUT2D eigenvalue weighted by Crippen LogP contribution is -2.35. The highest BCUT2D eigenvalue weighted by atomic mass is 19.1. The molecular weight excluding hydrogens is 526 g/mol. The van der Waals surface area contributed by atoms with E-state index in [2.05, 4.69) is 25.7 Å². The summed E-state index contributed by atoms with van der Waals surface area (Å²) in [6.45, 7) is 5.13. The minimum absolute atomic E-state index is 0.0200. The molecule has 0 aliphatic heterocycles. The van der Waals surface area contributed by atoms with Gasteiger partial charge in [-0.05, 0) is 45.0 Å². The standard InChI is InChI=1S/C26H26F2N8O4/c1-26(2,3)40-25(39)34(4)21-12-19(33-22-14(13-30-36(21)22)23(37)32-17-11-15(17)27)31-16-8-9-18(28)35(24(16)38)20-7-5-6-10-29-20/h5-10,12-13,15,17H,11H2,1-4H3,(H,31,33)(H,32,37)/t15-,17+/m0/s1. The second kappa shape index (κ2) is 10.0. The van der Waals surface area contributed by atoms with E-state index in [4.69, 9.17) is 4.74 Å². The van der Waals surface area contributed by atoms with Crippen molar-refractivity contribution in [2.45, 2.75) is 45.0 Å². The minimum Gasteiger partial charge on any atom is -0.443 e. The number of amides is 2. The summed E-state index contributed by atoms with van der Waals surface area (Å²) in [6.07, 6.45) is 1.05. The first-order valence-electron chi connectivity index (χ1n) is 12.3. The first-order chi connectivity index (χ1) is 18.9. The van der Waals surface area contributed by atoms with Crippen LogP contribution in [0.2, 0.25) is 0 Å². The summed E-state index contributed by atoms with van der Waals surface area (Å²) in [5.41, 5.74) is -1.57. The van der Waals surface area contributed by atoms with Gasteiger partial charge in [0.25, 0.3) is 11.5 Å². The molecule has 2 amide bonds. The Morgan fingerprint density at radius 2 is 1.95 bits per heavy atom. The number of aromatic nitrogens is 5. The number of rotatable bonds is 6. The first kappa shape index (κ1) is 26.7. The van der Waals surface area contributed by atoms with Crippen molar-refractivity contribution in [3.8, 4) is 5.82 Å². The van der Waals surface area contributed by atoms with E-state index in [0.29, 0.717) is 0 Å². The molecule has 4 aromatic heterocycles. The van der Waals surface area contributed by atoms with Gasteiger partial charge in [-0.25, -0.2) is 23.7 Å². The zero-order valence-electron chi connectivity index (χ0n) is 22.1. The van der Waals surface area contributed by atoms with Crippen LogP contribution < -0.4 is 21.1 Å². The maximum absolute atomic E-state index is 14.6. The number of hydrogen-bond donors (Lipinski definition) is 2. The summed E-state index contributed by atoms with van der Waals surface area (Å²) in [7, 11) is 1.44. The van der Waals surface area contributed by atoms with Crippen molar-refractivity contribution >= 4 is 35.0 Å². The number of ether oxygens (including phenoxy) is 1. The number of fused-ring (bicyclic) bond motifs is 1. The molecule has 0 radical (unpaired) electrons. The molecule has 4 aromatic rings. The zero-order valence-corrected chi connectivity index (χ0v) is 22.1. The number of anilines is 3. The summed E-state index contributed by atoms with van der Waals surface area (Å²) in [6, 6.07) is 7.86. The monoisotopic (exact) mass is 552 g/mol. The molecule has 0 saturated heterocycles. The number of nitrogens with zero attached hydrogens (tertiary/aromatic N) is 6. The Labute approximate surface area is 226 Å². The van der Waals surface area contributed by atoms with Gasteiger partial charge in [0.2, 0.25) is 5.95 Å². The second-order valence-corrected chi connectivity index (χ2v) is 10.2. The molecule has 4 heterocycles. The Balaban J connectivity index is 1.59. The van der Waals surface area contributed by atoms with Gasteiger partial charge >= 0.3 is 6.09 Å². The lowest BCUT2D eigenvalue weighted by Gasteiger charge is -2.25. The molecule has 1 fully saturated rings. The SMILES string of the molecule is CN(C(=O)OC(C)(C)C)c1cc(Nc2ccc(F)n(-c3ccccn3)c2=O)nc2c(C(=O)N[C@@H]3C[C@@H]3F)cnn12. The van der Waals surface area contributed by atoms with Crippen LogP contribution in [0.3, 0.4) is 0 Å². The molecule has 0 bridgehead atoms. The lowest BCUT2D eigenvalue weighted by molar-refractivity contribution is 0.0587. The summed E-state index contributed by atoms with van der Waals surface area (Å²) in [4.78, 5) is 48.6. The van der Waals surface area contributed by atoms with Gasteiger partial charge in [0.1, 0.15) is 40.5 Å². The first-order valence-corrected chi connectivity index (χ1v) is 12.3. The molecule has 2 atom stereocenters. The number of halogens is 2. The number of hydrogen-bond acceptors (Lipinski definition) is 8. The highest BCUT2D eigenvalue weighted by Gasteiger charge is 2.39. The molecule has 0 aromatic carbocycles. The topological polar surface area (TPSA) is 136 Å². The van der Waals surface area contributed by atoms with Crippen molar-refractivity contribution in [2.75, 3.05) is 17.3 Å². The van der Waals surface area contributed by atoms with Crippen molar-refractivity contribution in [3.63, 3.8) is 0 Å². The van der Waals surface area contributed by atoms with Gasteiger partial charge in [0.05, 0.1) is 12.2 Å². The summed E-state index contributed by atoms with van der Waals surface area (Å²) in [5, 5.41) is 9.64. The van der Waals surface area contributed by atoms with E-state index in [9.17, 15) is 23.2 Å². The average molecular weight is 553 g/mol. The molecule has 2 N–H and O–H groups in total. The molecule has 1 aliphatic carbocycles. The Kier molecular flexibility index (Phi) is 6.69. The third-order valence-corrected chi connectivity index (χ3v) is 5.91. The fourth-order valence-corrected chi connectivity index (χ4v) is 3.84.